The van der Waals surface area contributed by atoms with E-state index in [1.54, 1.807) is 7.05 Å². The Morgan fingerprint density at radius 3 is 2.42 bits per heavy atom. The van der Waals surface area contributed by atoms with Gasteiger partial charge < -0.3 is 34.0 Å². The average molecular weight is 380 g/mol. The monoisotopic (exact) mass is 380 g/mol. The van der Waals surface area contributed by atoms with Crippen LogP contribution < -0.4 is 29.3 Å². The first-order valence-corrected chi connectivity index (χ1v) is 6.32. The molecule has 1 atom stereocenters. The van der Waals surface area contributed by atoms with Crippen molar-refractivity contribution >= 4 is 6.09 Å². The lowest BCUT2D eigenvalue weighted by atomic mass is 9.88. The van der Waals surface area contributed by atoms with Gasteiger partial charge in [-0.3, -0.25) is 4.48 Å². The summed E-state index contributed by atoms with van der Waals surface area (Å²) in [4.78, 5) is 11.6. The fourth-order valence-corrected chi connectivity index (χ4v) is 2.01. The SMILES string of the molecule is CNC(=O)OC1([N+](C)(C)C)C=CC=C(C(C)C)C1.[I-]. The molecule has 0 saturated carbocycles. The number of nitrogens with one attached hydrogen (secondary N) is 1. The second-order valence-electron chi connectivity index (χ2n) is 5.93. The van der Waals surface area contributed by atoms with Gasteiger partial charge in [-0.05, 0) is 5.92 Å². The van der Waals surface area contributed by atoms with Crippen LogP contribution in [-0.2, 0) is 4.74 Å². The molecule has 5 heteroatoms. The van der Waals surface area contributed by atoms with E-state index in [1.807, 2.05) is 33.3 Å². The molecule has 0 aromatic heterocycles. The van der Waals surface area contributed by atoms with Crippen LogP contribution in [0.1, 0.15) is 20.3 Å². The zero-order chi connectivity index (χ0) is 14.0. The van der Waals surface area contributed by atoms with Crippen molar-refractivity contribution in [3.05, 3.63) is 23.8 Å². The largest absolute Gasteiger partial charge is 1.00 e. The summed E-state index contributed by atoms with van der Waals surface area (Å²) < 4.78 is 6.21. The van der Waals surface area contributed by atoms with Crippen LogP contribution in [0.3, 0.4) is 0 Å². The number of ether oxygens (including phenoxy) is 1. The van der Waals surface area contributed by atoms with Gasteiger partial charge in [-0.1, -0.05) is 31.6 Å². The Kier molecular flexibility index (Phi) is 6.54. The summed E-state index contributed by atoms with van der Waals surface area (Å²) in [6, 6.07) is 0. The van der Waals surface area contributed by atoms with Gasteiger partial charge in [-0.25, -0.2) is 4.79 Å². The van der Waals surface area contributed by atoms with Gasteiger partial charge in [-0.15, -0.1) is 0 Å². The lowest BCUT2D eigenvalue weighted by Gasteiger charge is -2.44. The minimum absolute atomic E-state index is 0. The highest BCUT2D eigenvalue weighted by Gasteiger charge is 2.46. The van der Waals surface area contributed by atoms with E-state index in [9.17, 15) is 4.79 Å². The van der Waals surface area contributed by atoms with Crippen molar-refractivity contribution in [2.45, 2.75) is 26.0 Å². The smallest absolute Gasteiger partial charge is 0.411 e. The maximum atomic E-state index is 11.6. The number of hydrogen-bond acceptors (Lipinski definition) is 2. The topological polar surface area (TPSA) is 38.3 Å². The molecule has 0 saturated heterocycles. The Bertz CT molecular complexity index is 383. The Labute approximate surface area is 133 Å². The van der Waals surface area contributed by atoms with Gasteiger partial charge in [0, 0.05) is 13.1 Å². The normalized spacial score (nSPS) is 22.6. The number of halogens is 1. The Hall–Kier alpha value is -0.560. The Balaban J connectivity index is 0.00000324. The first-order valence-electron chi connectivity index (χ1n) is 6.32. The lowest BCUT2D eigenvalue weighted by Crippen LogP contribution is -3.00. The zero-order valence-corrected chi connectivity index (χ0v) is 14.8. The molecule has 19 heavy (non-hydrogen) atoms. The molecule has 110 valence electrons. The van der Waals surface area contributed by atoms with Crippen molar-refractivity contribution in [2.75, 3.05) is 28.2 Å². The van der Waals surface area contributed by atoms with E-state index in [4.69, 9.17) is 4.74 Å². The third kappa shape index (κ3) is 4.21. The van der Waals surface area contributed by atoms with E-state index in [2.05, 4.69) is 25.2 Å². The molecule has 1 rings (SSSR count). The summed E-state index contributed by atoms with van der Waals surface area (Å²) in [6.45, 7) is 4.32. The van der Waals surface area contributed by atoms with Gasteiger partial charge in [0.25, 0.3) is 5.72 Å². The second-order valence-corrected chi connectivity index (χ2v) is 5.93. The first-order chi connectivity index (χ1) is 8.22. The fourth-order valence-electron chi connectivity index (χ4n) is 2.01. The van der Waals surface area contributed by atoms with Gasteiger partial charge >= 0.3 is 6.09 Å². The quantitative estimate of drug-likeness (QED) is 0.399. The second kappa shape index (κ2) is 6.74. The van der Waals surface area contributed by atoms with Gasteiger partial charge in [0.05, 0.1) is 27.6 Å². The van der Waals surface area contributed by atoms with Crippen LogP contribution >= 0.6 is 0 Å². The number of rotatable bonds is 3. The Morgan fingerprint density at radius 1 is 1.42 bits per heavy atom. The maximum absolute atomic E-state index is 11.6. The summed E-state index contributed by atoms with van der Waals surface area (Å²) in [5.74, 6) is 0.453. The van der Waals surface area contributed by atoms with Gasteiger partial charge in [0.2, 0.25) is 0 Å². The van der Waals surface area contributed by atoms with Crippen LogP contribution in [0.2, 0.25) is 0 Å². The molecule has 0 fully saturated rings. The van der Waals surface area contributed by atoms with Crippen LogP contribution in [0.5, 0.6) is 0 Å². The number of hydrogen-bond donors (Lipinski definition) is 1. The molecular formula is C14H25IN2O2. The van der Waals surface area contributed by atoms with E-state index in [0.29, 0.717) is 10.4 Å². The van der Waals surface area contributed by atoms with Crippen molar-refractivity contribution in [3.63, 3.8) is 0 Å². The predicted octanol–water partition coefficient (Wildman–Crippen LogP) is -0.709. The average Bonchev–Trinajstić information content (AvgIpc) is 2.27. The van der Waals surface area contributed by atoms with Gasteiger partial charge in [0.1, 0.15) is 0 Å². The van der Waals surface area contributed by atoms with E-state index >= 15 is 0 Å². The molecule has 1 amide bonds. The highest BCUT2D eigenvalue weighted by molar-refractivity contribution is 5.67. The fraction of sp³-hybridized carbons (Fsp3) is 0.643. The zero-order valence-electron chi connectivity index (χ0n) is 12.7. The molecule has 1 unspecified atom stereocenters. The summed E-state index contributed by atoms with van der Waals surface area (Å²) in [6.07, 6.45) is 6.43. The Morgan fingerprint density at radius 2 is 2.00 bits per heavy atom. The van der Waals surface area contributed by atoms with Gasteiger partial charge in [0.15, 0.2) is 0 Å². The molecule has 0 aliphatic heterocycles. The number of nitrogens with zero attached hydrogens (tertiary/aromatic N) is 1. The molecular weight excluding hydrogens is 355 g/mol. The van der Waals surface area contributed by atoms with Crippen molar-refractivity contribution < 1.29 is 38.0 Å². The summed E-state index contributed by atoms with van der Waals surface area (Å²) >= 11 is 0. The van der Waals surface area contributed by atoms with Crippen LogP contribution in [0.15, 0.2) is 23.8 Å². The summed E-state index contributed by atoms with van der Waals surface area (Å²) in [7, 11) is 7.70. The van der Waals surface area contributed by atoms with E-state index in [-0.39, 0.29) is 24.0 Å². The summed E-state index contributed by atoms with van der Waals surface area (Å²) in [5, 5.41) is 2.53. The molecule has 1 aliphatic carbocycles. The van der Waals surface area contributed by atoms with Crippen molar-refractivity contribution in [1.82, 2.24) is 5.32 Å². The van der Waals surface area contributed by atoms with Crippen LogP contribution in [0.25, 0.3) is 0 Å². The molecule has 0 spiro atoms. The highest BCUT2D eigenvalue weighted by atomic mass is 127. The minimum atomic E-state index is -0.631. The van der Waals surface area contributed by atoms with Crippen molar-refractivity contribution in [2.24, 2.45) is 5.92 Å². The molecule has 0 bridgehead atoms. The molecule has 0 radical (unpaired) electrons. The summed E-state index contributed by atoms with van der Waals surface area (Å²) in [5.41, 5.74) is 0.670. The number of allylic oxidation sites excluding steroid dienone is 2. The molecule has 0 aromatic carbocycles. The van der Waals surface area contributed by atoms with Crippen LogP contribution in [0, 0.1) is 5.92 Å². The first kappa shape index (κ1) is 18.4. The van der Waals surface area contributed by atoms with E-state index in [0.717, 1.165) is 6.42 Å². The number of amides is 1. The number of quaternary nitrogens is 1. The number of likely N-dealkylation sites (N-methyl/N-ethyl adjacent to an activating group) is 1. The van der Waals surface area contributed by atoms with Crippen LogP contribution in [-0.4, -0.2) is 44.5 Å². The highest BCUT2D eigenvalue weighted by Crippen LogP contribution is 2.35. The van der Waals surface area contributed by atoms with E-state index in [1.165, 1.54) is 5.57 Å². The van der Waals surface area contributed by atoms with Crippen molar-refractivity contribution in [3.8, 4) is 0 Å². The standard InChI is InChI=1S/C14H24N2O2.HI/c1-11(2)12-8-7-9-14(10-12,16(4,5)6)18-13(17)15-3;/h7-9,11H,10H2,1-6H3;1H. The lowest BCUT2D eigenvalue weighted by molar-refractivity contribution is -0.939. The maximum Gasteiger partial charge on any atom is 0.411 e. The minimum Gasteiger partial charge on any atom is -1.00 e. The predicted molar refractivity (Wildman–Crippen MR) is 73.0 cm³/mol. The molecule has 1 aliphatic rings. The van der Waals surface area contributed by atoms with Crippen molar-refractivity contribution in [1.29, 1.82) is 0 Å². The van der Waals surface area contributed by atoms with Gasteiger partial charge in [-0.2, -0.15) is 0 Å². The molecule has 0 aromatic rings. The number of carbonyl (C=O) groups excluding carboxylic acids is 1. The van der Waals surface area contributed by atoms with E-state index < -0.39 is 11.8 Å². The third-order valence-electron chi connectivity index (χ3n) is 3.48. The number of alkyl carbamates (subject to hydrolysis) is 1. The number of carbonyl (C=O) groups is 1. The molecule has 4 nitrogen and oxygen atoms in total. The third-order valence-corrected chi connectivity index (χ3v) is 3.48. The molecule has 0 heterocycles. The van der Waals surface area contributed by atoms with Crippen LogP contribution in [0.4, 0.5) is 4.79 Å². The molecule has 1 N–H and O–H groups in total.